The number of carbonyl (C=O) groups excluding carboxylic acids is 1. The third kappa shape index (κ3) is 3.51. The summed E-state index contributed by atoms with van der Waals surface area (Å²) in [6.07, 6.45) is 10.1. The molecule has 22 heavy (non-hydrogen) atoms. The number of hydrogen-bond acceptors (Lipinski definition) is 4. The van der Waals surface area contributed by atoms with Crippen molar-refractivity contribution in [3.8, 4) is 0 Å². The van der Waals surface area contributed by atoms with Gasteiger partial charge in [-0.25, -0.2) is 4.98 Å². The zero-order valence-corrected chi connectivity index (χ0v) is 13.9. The third-order valence-corrected chi connectivity index (χ3v) is 6.19. The minimum Gasteiger partial charge on any atom is -0.394 e. The molecular formula is C17H26N2O2S. The highest BCUT2D eigenvalue weighted by Gasteiger charge is 2.31. The summed E-state index contributed by atoms with van der Waals surface area (Å²) in [5.41, 5.74) is 2.97. The van der Waals surface area contributed by atoms with E-state index >= 15 is 0 Å². The molecule has 3 rings (SSSR count). The maximum absolute atomic E-state index is 12.8. The van der Waals surface area contributed by atoms with Crippen molar-refractivity contribution >= 4 is 17.2 Å². The zero-order chi connectivity index (χ0) is 15.4. The number of nitrogens with zero attached hydrogens (tertiary/aromatic N) is 1. The van der Waals surface area contributed by atoms with Crippen molar-refractivity contribution in [2.75, 3.05) is 6.61 Å². The van der Waals surface area contributed by atoms with Crippen molar-refractivity contribution in [2.24, 2.45) is 5.92 Å². The Labute approximate surface area is 136 Å². The number of rotatable bonds is 4. The van der Waals surface area contributed by atoms with Crippen molar-refractivity contribution in [2.45, 2.75) is 69.7 Å². The molecule has 5 heteroatoms. The number of nitrogens with one attached hydrogen (secondary N) is 1. The molecule has 0 unspecified atom stereocenters. The van der Waals surface area contributed by atoms with E-state index < -0.39 is 0 Å². The van der Waals surface area contributed by atoms with Crippen LogP contribution in [0.15, 0.2) is 5.51 Å². The van der Waals surface area contributed by atoms with Gasteiger partial charge in [0.1, 0.15) is 0 Å². The highest BCUT2D eigenvalue weighted by Crippen LogP contribution is 2.34. The van der Waals surface area contributed by atoms with Crippen LogP contribution in [-0.2, 0) is 11.2 Å². The zero-order valence-electron chi connectivity index (χ0n) is 13.1. The number of fused-ring (bicyclic) bond motifs is 1. The summed E-state index contributed by atoms with van der Waals surface area (Å²) in [4.78, 5) is 18.4. The number of thiazole rings is 1. The van der Waals surface area contributed by atoms with E-state index in [4.69, 9.17) is 0 Å². The van der Waals surface area contributed by atoms with Gasteiger partial charge in [-0.1, -0.05) is 25.7 Å². The molecule has 2 atom stereocenters. The third-order valence-electron chi connectivity index (χ3n) is 5.21. The largest absolute Gasteiger partial charge is 0.394 e. The van der Waals surface area contributed by atoms with Crippen molar-refractivity contribution in [1.29, 1.82) is 0 Å². The first-order valence-corrected chi connectivity index (χ1v) is 9.51. The first-order valence-electron chi connectivity index (χ1n) is 8.63. The summed E-state index contributed by atoms with van der Waals surface area (Å²) >= 11 is 1.61. The quantitative estimate of drug-likeness (QED) is 0.838. The second-order valence-corrected chi connectivity index (χ2v) is 7.54. The van der Waals surface area contributed by atoms with Gasteiger partial charge in [-0.3, -0.25) is 4.79 Å². The Balaban J connectivity index is 1.68. The van der Waals surface area contributed by atoms with Gasteiger partial charge >= 0.3 is 0 Å². The lowest BCUT2D eigenvalue weighted by Gasteiger charge is -2.30. The summed E-state index contributed by atoms with van der Waals surface area (Å²) in [5.74, 6) is 0.467. The molecule has 1 aromatic rings. The van der Waals surface area contributed by atoms with Crippen molar-refractivity contribution in [3.05, 3.63) is 16.1 Å². The molecule has 122 valence electrons. The second kappa shape index (κ2) is 7.55. The highest BCUT2D eigenvalue weighted by atomic mass is 32.1. The Morgan fingerprint density at radius 2 is 2.05 bits per heavy atom. The molecule has 1 aromatic heterocycles. The lowest BCUT2D eigenvalue weighted by molar-refractivity contribution is -0.124. The summed E-state index contributed by atoms with van der Waals surface area (Å²) in [5, 5.41) is 12.9. The Morgan fingerprint density at radius 3 is 2.82 bits per heavy atom. The predicted octanol–water partition coefficient (Wildman–Crippen LogP) is 3.01. The topological polar surface area (TPSA) is 62.2 Å². The number of aliphatic hydroxyl groups excluding tert-OH is 1. The van der Waals surface area contributed by atoms with Gasteiger partial charge in [-0.05, 0) is 38.0 Å². The smallest absolute Gasteiger partial charge is 0.228 e. The highest BCUT2D eigenvalue weighted by molar-refractivity contribution is 7.10. The number of hydrogen-bond donors (Lipinski definition) is 2. The summed E-state index contributed by atoms with van der Waals surface area (Å²) in [6, 6.07) is -0.0765. The van der Waals surface area contributed by atoms with E-state index in [0.717, 1.165) is 49.1 Å². The van der Waals surface area contributed by atoms with Crippen molar-refractivity contribution in [1.82, 2.24) is 10.3 Å². The first kappa shape index (κ1) is 15.9. The summed E-state index contributed by atoms with van der Waals surface area (Å²) < 4.78 is 0. The SMILES string of the molecule is O=C(N[C@H](CO)C1CCCCC1)[C@@H]1CCCCc2ncsc21. The molecule has 1 heterocycles. The van der Waals surface area contributed by atoms with Crippen LogP contribution in [0.1, 0.15) is 67.9 Å². The first-order chi connectivity index (χ1) is 10.8. The Bertz CT molecular complexity index is 497. The van der Waals surface area contributed by atoms with Gasteiger partial charge in [-0.2, -0.15) is 0 Å². The Kier molecular flexibility index (Phi) is 5.47. The maximum atomic E-state index is 12.8. The molecule has 0 bridgehead atoms. The molecule has 2 aliphatic rings. The van der Waals surface area contributed by atoms with Crippen LogP contribution in [0.3, 0.4) is 0 Å². The maximum Gasteiger partial charge on any atom is 0.228 e. The Hall–Kier alpha value is -0.940. The summed E-state index contributed by atoms with van der Waals surface area (Å²) in [7, 11) is 0. The molecule has 0 spiro atoms. The van der Waals surface area contributed by atoms with E-state index in [-0.39, 0.29) is 24.5 Å². The Morgan fingerprint density at radius 1 is 1.27 bits per heavy atom. The fourth-order valence-electron chi connectivity index (χ4n) is 3.90. The molecule has 2 aliphatic carbocycles. The number of amides is 1. The fraction of sp³-hybridized carbons (Fsp3) is 0.765. The van der Waals surface area contributed by atoms with Gasteiger partial charge in [-0.15, -0.1) is 11.3 Å². The van der Waals surface area contributed by atoms with Gasteiger partial charge in [0.15, 0.2) is 0 Å². The number of aromatic nitrogens is 1. The van der Waals surface area contributed by atoms with Crippen molar-refractivity contribution in [3.63, 3.8) is 0 Å². The van der Waals surface area contributed by atoms with Crippen LogP contribution in [0.25, 0.3) is 0 Å². The monoisotopic (exact) mass is 322 g/mol. The van der Waals surface area contributed by atoms with Crippen LogP contribution < -0.4 is 5.32 Å². The minimum atomic E-state index is -0.0765. The van der Waals surface area contributed by atoms with E-state index in [1.807, 2.05) is 5.51 Å². The van der Waals surface area contributed by atoms with Gasteiger partial charge in [0.2, 0.25) is 5.91 Å². The predicted molar refractivity (Wildman–Crippen MR) is 88.0 cm³/mol. The average molecular weight is 322 g/mol. The molecule has 1 amide bonds. The summed E-state index contributed by atoms with van der Waals surface area (Å²) in [6.45, 7) is 0.0542. The molecule has 0 radical (unpaired) electrons. The number of aryl methyl sites for hydroxylation is 1. The number of aliphatic hydroxyl groups is 1. The van der Waals surface area contributed by atoms with Gasteiger partial charge < -0.3 is 10.4 Å². The molecule has 1 saturated carbocycles. The van der Waals surface area contributed by atoms with Crippen LogP contribution in [0.4, 0.5) is 0 Å². The van der Waals surface area contributed by atoms with Gasteiger partial charge in [0.05, 0.1) is 29.8 Å². The van der Waals surface area contributed by atoms with Crippen LogP contribution >= 0.6 is 11.3 Å². The molecule has 2 N–H and O–H groups in total. The number of carbonyl (C=O) groups is 1. The van der Waals surface area contributed by atoms with Gasteiger partial charge in [0.25, 0.3) is 0 Å². The normalized spacial score (nSPS) is 24.3. The molecule has 0 saturated heterocycles. The van der Waals surface area contributed by atoms with Crippen LogP contribution in [0.2, 0.25) is 0 Å². The van der Waals surface area contributed by atoms with Crippen LogP contribution in [0, 0.1) is 5.92 Å². The standard InChI is InChI=1S/C17H26N2O2S/c20-10-15(12-6-2-1-3-7-12)19-17(21)13-8-4-5-9-14-16(13)22-11-18-14/h11-13,15,20H,1-10H2,(H,19,21)/t13-,15-/m1/s1. The molecule has 0 aliphatic heterocycles. The van der Waals surface area contributed by atoms with Crippen molar-refractivity contribution < 1.29 is 9.90 Å². The molecular weight excluding hydrogens is 296 g/mol. The lowest BCUT2D eigenvalue weighted by atomic mass is 9.84. The van der Waals surface area contributed by atoms with E-state index in [1.165, 1.54) is 19.3 Å². The second-order valence-electron chi connectivity index (χ2n) is 6.66. The van der Waals surface area contributed by atoms with E-state index in [9.17, 15) is 9.90 Å². The lowest BCUT2D eigenvalue weighted by Crippen LogP contribution is -2.45. The molecule has 0 aromatic carbocycles. The van der Waals surface area contributed by atoms with E-state index in [1.54, 1.807) is 11.3 Å². The average Bonchev–Trinajstić information content (AvgIpc) is 2.92. The van der Waals surface area contributed by atoms with Crippen LogP contribution in [-0.4, -0.2) is 28.6 Å². The van der Waals surface area contributed by atoms with Gasteiger partial charge in [0, 0.05) is 4.88 Å². The van der Waals surface area contributed by atoms with Crippen LogP contribution in [0.5, 0.6) is 0 Å². The fourth-order valence-corrected chi connectivity index (χ4v) is 4.88. The van der Waals surface area contributed by atoms with E-state index in [0.29, 0.717) is 5.92 Å². The molecule has 1 fully saturated rings. The molecule has 4 nitrogen and oxygen atoms in total. The minimum absolute atomic E-state index is 0.0542. The van der Waals surface area contributed by atoms with E-state index in [2.05, 4.69) is 10.3 Å².